The summed E-state index contributed by atoms with van der Waals surface area (Å²) in [5.41, 5.74) is 1.69. The van der Waals surface area contributed by atoms with Gasteiger partial charge in [-0.05, 0) is 37.3 Å². The van der Waals surface area contributed by atoms with Crippen molar-refractivity contribution < 1.29 is 4.79 Å². The Bertz CT molecular complexity index is 429. The predicted octanol–water partition coefficient (Wildman–Crippen LogP) is 3.48. The van der Waals surface area contributed by atoms with E-state index < -0.39 is 0 Å². The average molecular weight is 270 g/mol. The number of carbonyl (C=O) groups excluding carboxylic acids is 1. The maximum absolute atomic E-state index is 11.3. The number of hydrogen-bond acceptors (Lipinski definition) is 3. The van der Waals surface area contributed by atoms with Crippen molar-refractivity contribution in [3.8, 4) is 0 Å². The van der Waals surface area contributed by atoms with Crippen LogP contribution in [0.25, 0.3) is 0 Å². The lowest BCUT2D eigenvalue weighted by molar-refractivity contribution is 0.101. The number of carbonyl (C=O) groups is 1. The second-order valence-corrected chi connectivity index (χ2v) is 5.91. The lowest BCUT2D eigenvalue weighted by atomic mass is 10.1. The number of ketones is 1. The van der Waals surface area contributed by atoms with Crippen molar-refractivity contribution in [2.45, 2.75) is 19.4 Å². The van der Waals surface area contributed by atoms with E-state index in [2.05, 4.69) is 11.9 Å². The normalized spacial score (nSPS) is 19.4. The number of nitrogens with zero attached hydrogens (tertiary/aromatic N) is 1. The van der Waals surface area contributed by atoms with Crippen LogP contribution in [0.5, 0.6) is 0 Å². The minimum Gasteiger partial charge on any atom is -0.371 e. The number of Topliss-reactive ketones (excluding diaryl/α,β-unsaturated/α-hetero) is 1. The van der Waals surface area contributed by atoms with Gasteiger partial charge in [0.05, 0.1) is 5.02 Å². The molecule has 1 aromatic rings. The maximum atomic E-state index is 11.3. The molecule has 17 heavy (non-hydrogen) atoms. The fourth-order valence-electron chi connectivity index (χ4n) is 2.05. The van der Waals surface area contributed by atoms with E-state index in [1.807, 2.05) is 30.0 Å². The molecule has 1 atom stereocenters. The van der Waals surface area contributed by atoms with Gasteiger partial charge in [-0.3, -0.25) is 4.79 Å². The summed E-state index contributed by atoms with van der Waals surface area (Å²) in [5, 5.41) is 0.549. The van der Waals surface area contributed by atoms with E-state index in [9.17, 15) is 4.79 Å². The molecule has 4 heteroatoms. The number of anilines is 1. The highest BCUT2D eigenvalue weighted by Crippen LogP contribution is 2.29. The maximum Gasteiger partial charge on any atom is 0.161 e. The first kappa shape index (κ1) is 12.8. The predicted molar refractivity (Wildman–Crippen MR) is 75.6 cm³/mol. The molecule has 0 N–H and O–H groups in total. The van der Waals surface area contributed by atoms with Crippen LogP contribution in [-0.4, -0.2) is 30.4 Å². The second-order valence-electron chi connectivity index (χ2n) is 4.35. The number of thioether (sulfide) groups is 1. The van der Waals surface area contributed by atoms with E-state index in [0.717, 1.165) is 5.69 Å². The van der Waals surface area contributed by atoms with Crippen molar-refractivity contribution in [2.75, 3.05) is 23.5 Å². The Labute approximate surface area is 111 Å². The van der Waals surface area contributed by atoms with Crippen LogP contribution in [-0.2, 0) is 0 Å². The molecule has 2 rings (SSSR count). The number of benzene rings is 1. The Morgan fingerprint density at radius 1 is 1.53 bits per heavy atom. The van der Waals surface area contributed by atoms with Crippen LogP contribution in [0.2, 0.25) is 5.02 Å². The van der Waals surface area contributed by atoms with Gasteiger partial charge in [0.2, 0.25) is 0 Å². The smallest absolute Gasteiger partial charge is 0.161 e. The third-order valence-electron chi connectivity index (χ3n) is 3.19. The molecule has 1 unspecified atom stereocenters. The third-order valence-corrected chi connectivity index (χ3v) is 4.65. The molecule has 1 aliphatic heterocycles. The molecule has 92 valence electrons. The van der Waals surface area contributed by atoms with Crippen molar-refractivity contribution >= 4 is 34.8 Å². The summed E-state index contributed by atoms with van der Waals surface area (Å²) < 4.78 is 0. The fourth-order valence-corrected chi connectivity index (χ4v) is 3.62. The molecular formula is C13H16ClNOS. The van der Waals surface area contributed by atoms with Gasteiger partial charge in [0.1, 0.15) is 0 Å². The van der Waals surface area contributed by atoms with E-state index in [4.69, 9.17) is 11.6 Å². The van der Waals surface area contributed by atoms with Crippen molar-refractivity contribution in [1.29, 1.82) is 0 Å². The Morgan fingerprint density at radius 3 is 2.82 bits per heavy atom. The van der Waals surface area contributed by atoms with Crippen molar-refractivity contribution in [3.63, 3.8) is 0 Å². The molecule has 1 heterocycles. The van der Waals surface area contributed by atoms with E-state index in [1.165, 1.54) is 24.9 Å². The zero-order valence-corrected chi connectivity index (χ0v) is 11.6. The van der Waals surface area contributed by atoms with E-state index >= 15 is 0 Å². The van der Waals surface area contributed by atoms with E-state index in [1.54, 1.807) is 0 Å². The Morgan fingerprint density at radius 2 is 2.29 bits per heavy atom. The second kappa shape index (κ2) is 5.32. The minimum absolute atomic E-state index is 0.0145. The lowest BCUT2D eigenvalue weighted by Crippen LogP contribution is -2.31. The average Bonchev–Trinajstić information content (AvgIpc) is 2.80. The SMILES string of the molecule is CC(=O)c1ccc(N(C)C2CCSC2)cc1Cl. The van der Waals surface area contributed by atoms with Crippen molar-refractivity contribution in [2.24, 2.45) is 0 Å². The summed E-state index contributed by atoms with van der Waals surface area (Å²) in [6.07, 6.45) is 1.22. The summed E-state index contributed by atoms with van der Waals surface area (Å²) in [7, 11) is 2.09. The molecule has 0 spiro atoms. The Kier molecular flexibility index (Phi) is 4.00. The zero-order chi connectivity index (χ0) is 12.4. The van der Waals surface area contributed by atoms with Gasteiger partial charge in [-0.15, -0.1) is 0 Å². The van der Waals surface area contributed by atoms with Gasteiger partial charge in [0.15, 0.2) is 5.78 Å². The van der Waals surface area contributed by atoms with Gasteiger partial charge >= 0.3 is 0 Å². The standard InChI is InChI=1S/C13H16ClNOS/c1-9(16)12-4-3-10(7-13(12)14)15(2)11-5-6-17-8-11/h3-4,7,11H,5-6,8H2,1-2H3. The summed E-state index contributed by atoms with van der Waals surface area (Å²) in [6.45, 7) is 1.54. The highest BCUT2D eigenvalue weighted by molar-refractivity contribution is 7.99. The monoisotopic (exact) mass is 269 g/mol. The van der Waals surface area contributed by atoms with E-state index in [-0.39, 0.29) is 5.78 Å². The molecule has 0 bridgehead atoms. The van der Waals surface area contributed by atoms with Crippen LogP contribution in [0.3, 0.4) is 0 Å². The third kappa shape index (κ3) is 2.78. The molecule has 0 aliphatic carbocycles. The van der Waals surface area contributed by atoms with Crippen LogP contribution in [0.1, 0.15) is 23.7 Å². The summed E-state index contributed by atoms with van der Waals surface area (Å²) in [5.74, 6) is 2.41. The molecule has 0 amide bonds. The largest absolute Gasteiger partial charge is 0.371 e. The van der Waals surface area contributed by atoms with Crippen LogP contribution < -0.4 is 4.90 Å². The molecule has 0 aromatic heterocycles. The quantitative estimate of drug-likeness (QED) is 0.784. The zero-order valence-electron chi connectivity index (χ0n) is 10.1. The molecule has 1 saturated heterocycles. The van der Waals surface area contributed by atoms with Gasteiger partial charge in [-0.2, -0.15) is 11.8 Å². The molecular weight excluding hydrogens is 254 g/mol. The summed E-state index contributed by atoms with van der Waals surface area (Å²) in [6, 6.07) is 6.27. The highest BCUT2D eigenvalue weighted by atomic mass is 35.5. The summed E-state index contributed by atoms with van der Waals surface area (Å²) in [4.78, 5) is 13.6. The van der Waals surface area contributed by atoms with Crippen LogP contribution in [0, 0.1) is 0 Å². The molecule has 1 aromatic carbocycles. The first-order chi connectivity index (χ1) is 8.09. The first-order valence-corrected chi connectivity index (χ1v) is 7.24. The molecule has 1 aliphatic rings. The molecule has 2 nitrogen and oxygen atoms in total. The van der Waals surface area contributed by atoms with Gasteiger partial charge in [0.25, 0.3) is 0 Å². The van der Waals surface area contributed by atoms with E-state index in [0.29, 0.717) is 16.6 Å². The van der Waals surface area contributed by atoms with Gasteiger partial charge < -0.3 is 4.90 Å². The number of halogens is 1. The van der Waals surface area contributed by atoms with Crippen molar-refractivity contribution in [3.05, 3.63) is 28.8 Å². The van der Waals surface area contributed by atoms with Gasteiger partial charge in [-0.25, -0.2) is 0 Å². The minimum atomic E-state index is 0.0145. The highest BCUT2D eigenvalue weighted by Gasteiger charge is 2.20. The fraction of sp³-hybridized carbons (Fsp3) is 0.462. The van der Waals surface area contributed by atoms with Gasteiger partial charge in [0, 0.05) is 30.1 Å². The van der Waals surface area contributed by atoms with Crippen LogP contribution in [0.4, 0.5) is 5.69 Å². The molecule has 1 fully saturated rings. The topological polar surface area (TPSA) is 20.3 Å². The number of hydrogen-bond donors (Lipinski definition) is 0. The van der Waals surface area contributed by atoms with Gasteiger partial charge in [-0.1, -0.05) is 11.6 Å². The Balaban J connectivity index is 2.21. The van der Waals surface area contributed by atoms with Crippen molar-refractivity contribution in [1.82, 2.24) is 0 Å². The lowest BCUT2D eigenvalue weighted by Gasteiger charge is -2.26. The molecule has 0 radical (unpaired) electrons. The molecule has 0 saturated carbocycles. The summed E-state index contributed by atoms with van der Waals surface area (Å²) >= 11 is 8.11. The van der Waals surface area contributed by atoms with Crippen LogP contribution in [0.15, 0.2) is 18.2 Å². The van der Waals surface area contributed by atoms with Crippen LogP contribution >= 0.6 is 23.4 Å². The first-order valence-electron chi connectivity index (χ1n) is 5.70. The Hall–Kier alpha value is -0.670. The number of rotatable bonds is 3.